The SMILES string of the molecule is CCCCC(CN(O)C=O)C(=O)N1NCCC1C(=O)Nc1ccccn1. The maximum atomic E-state index is 12.9. The zero-order chi connectivity index (χ0) is 18.9. The van der Waals surface area contributed by atoms with Gasteiger partial charge in [0, 0.05) is 12.7 Å². The number of nitrogens with one attached hydrogen (secondary N) is 2. The van der Waals surface area contributed by atoms with Crippen LogP contribution in [0.2, 0.25) is 0 Å². The Morgan fingerprint density at radius 1 is 1.54 bits per heavy atom. The van der Waals surface area contributed by atoms with E-state index in [2.05, 4.69) is 15.7 Å². The number of hydroxylamine groups is 2. The van der Waals surface area contributed by atoms with Gasteiger partial charge >= 0.3 is 0 Å². The second-order valence-electron chi connectivity index (χ2n) is 6.19. The summed E-state index contributed by atoms with van der Waals surface area (Å²) in [4.78, 5) is 40.2. The number of hydrazine groups is 1. The van der Waals surface area contributed by atoms with Crippen LogP contribution in [-0.4, -0.2) is 57.6 Å². The van der Waals surface area contributed by atoms with Gasteiger partial charge in [-0.1, -0.05) is 25.8 Å². The molecule has 1 saturated heterocycles. The van der Waals surface area contributed by atoms with Gasteiger partial charge in [-0.15, -0.1) is 0 Å². The highest BCUT2D eigenvalue weighted by Crippen LogP contribution is 2.19. The van der Waals surface area contributed by atoms with Crippen LogP contribution >= 0.6 is 0 Å². The average Bonchev–Trinajstić information content (AvgIpc) is 3.15. The largest absolute Gasteiger partial charge is 0.309 e. The van der Waals surface area contributed by atoms with Crippen molar-refractivity contribution in [2.45, 2.75) is 38.6 Å². The number of hydrogen-bond acceptors (Lipinski definition) is 6. The maximum absolute atomic E-state index is 12.9. The number of unbranched alkanes of at least 4 members (excludes halogenated alkanes) is 1. The molecule has 2 heterocycles. The lowest BCUT2D eigenvalue weighted by atomic mass is 10.00. The Balaban J connectivity index is 2.06. The molecule has 1 aromatic rings. The molecule has 1 aliphatic rings. The molecular formula is C17H25N5O4. The van der Waals surface area contributed by atoms with Crippen LogP contribution in [0.15, 0.2) is 24.4 Å². The third-order valence-corrected chi connectivity index (χ3v) is 4.25. The monoisotopic (exact) mass is 363 g/mol. The van der Waals surface area contributed by atoms with Crippen LogP contribution in [0.3, 0.4) is 0 Å². The van der Waals surface area contributed by atoms with Crippen molar-refractivity contribution in [1.29, 1.82) is 0 Å². The molecule has 3 amide bonds. The van der Waals surface area contributed by atoms with Crippen molar-refractivity contribution < 1.29 is 19.6 Å². The number of hydrogen-bond donors (Lipinski definition) is 3. The first-order valence-electron chi connectivity index (χ1n) is 8.76. The van der Waals surface area contributed by atoms with Crippen molar-refractivity contribution in [3.63, 3.8) is 0 Å². The van der Waals surface area contributed by atoms with E-state index in [9.17, 15) is 19.6 Å². The van der Waals surface area contributed by atoms with Crippen LogP contribution in [0.1, 0.15) is 32.6 Å². The van der Waals surface area contributed by atoms with Gasteiger partial charge in [0.2, 0.25) is 18.2 Å². The van der Waals surface area contributed by atoms with Gasteiger partial charge in [-0.2, -0.15) is 0 Å². The summed E-state index contributed by atoms with van der Waals surface area (Å²) < 4.78 is 0. The summed E-state index contributed by atoms with van der Waals surface area (Å²) in [5.41, 5.74) is 2.94. The highest BCUT2D eigenvalue weighted by atomic mass is 16.5. The molecule has 9 nitrogen and oxygen atoms in total. The van der Waals surface area contributed by atoms with Crippen LogP contribution in [0.5, 0.6) is 0 Å². The molecule has 0 aliphatic carbocycles. The van der Waals surface area contributed by atoms with Crippen molar-refractivity contribution in [1.82, 2.24) is 20.5 Å². The van der Waals surface area contributed by atoms with Gasteiger partial charge in [0.25, 0.3) is 0 Å². The van der Waals surface area contributed by atoms with E-state index < -0.39 is 12.0 Å². The topological polar surface area (TPSA) is 115 Å². The first-order chi connectivity index (χ1) is 12.6. The predicted octanol–water partition coefficient (Wildman–Crippen LogP) is 0.780. The van der Waals surface area contributed by atoms with E-state index >= 15 is 0 Å². The zero-order valence-corrected chi connectivity index (χ0v) is 14.8. The zero-order valence-electron chi connectivity index (χ0n) is 14.8. The number of amides is 3. The van der Waals surface area contributed by atoms with Crippen molar-refractivity contribution in [2.24, 2.45) is 5.92 Å². The molecule has 0 bridgehead atoms. The summed E-state index contributed by atoms with van der Waals surface area (Å²) >= 11 is 0. The highest BCUT2D eigenvalue weighted by Gasteiger charge is 2.37. The van der Waals surface area contributed by atoms with E-state index in [-0.39, 0.29) is 24.8 Å². The minimum atomic E-state index is -0.669. The highest BCUT2D eigenvalue weighted by molar-refractivity contribution is 5.97. The summed E-state index contributed by atoms with van der Waals surface area (Å²) in [5, 5.41) is 14.0. The van der Waals surface area contributed by atoms with Crippen LogP contribution in [0.4, 0.5) is 5.82 Å². The van der Waals surface area contributed by atoms with Crippen LogP contribution in [-0.2, 0) is 14.4 Å². The first-order valence-corrected chi connectivity index (χ1v) is 8.76. The Labute approximate surface area is 152 Å². The molecule has 0 radical (unpaired) electrons. The summed E-state index contributed by atoms with van der Waals surface area (Å²) in [6.45, 7) is 2.38. The number of pyridine rings is 1. The maximum Gasteiger partial charge on any atom is 0.250 e. The fraction of sp³-hybridized carbons (Fsp3) is 0.529. The average molecular weight is 363 g/mol. The van der Waals surface area contributed by atoms with Crippen molar-refractivity contribution in [3.05, 3.63) is 24.4 Å². The molecule has 0 aromatic carbocycles. The van der Waals surface area contributed by atoms with E-state index in [0.29, 0.717) is 30.3 Å². The number of carbonyl (C=O) groups excluding carboxylic acids is 3. The molecular weight excluding hydrogens is 338 g/mol. The smallest absolute Gasteiger partial charge is 0.250 e. The Kier molecular flexibility index (Phi) is 7.49. The minimum absolute atomic E-state index is 0.102. The molecule has 2 unspecified atom stereocenters. The number of carbonyl (C=O) groups is 3. The summed E-state index contributed by atoms with van der Waals surface area (Å²) in [6, 6.07) is 4.50. The van der Waals surface area contributed by atoms with E-state index in [1.807, 2.05) is 6.92 Å². The lowest BCUT2D eigenvalue weighted by Gasteiger charge is -2.28. The third kappa shape index (κ3) is 5.24. The van der Waals surface area contributed by atoms with Gasteiger partial charge in [0.15, 0.2) is 0 Å². The second kappa shape index (κ2) is 9.83. The summed E-state index contributed by atoms with van der Waals surface area (Å²) in [6.07, 6.45) is 4.50. The van der Waals surface area contributed by atoms with Gasteiger partial charge in [0.05, 0.1) is 12.5 Å². The Bertz CT molecular complexity index is 612. The van der Waals surface area contributed by atoms with Crippen LogP contribution < -0.4 is 10.7 Å². The number of aromatic nitrogens is 1. The van der Waals surface area contributed by atoms with Crippen molar-refractivity contribution in [3.8, 4) is 0 Å². The van der Waals surface area contributed by atoms with Gasteiger partial charge in [0.1, 0.15) is 11.9 Å². The number of rotatable bonds is 9. The molecule has 142 valence electrons. The molecule has 9 heteroatoms. The van der Waals surface area contributed by atoms with Crippen LogP contribution in [0, 0.1) is 5.92 Å². The van der Waals surface area contributed by atoms with E-state index in [0.717, 1.165) is 12.8 Å². The Morgan fingerprint density at radius 2 is 2.35 bits per heavy atom. The third-order valence-electron chi connectivity index (χ3n) is 4.25. The normalized spacial score (nSPS) is 17.6. The minimum Gasteiger partial charge on any atom is -0.309 e. The molecule has 3 N–H and O–H groups in total. The van der Waals surface area contributed by atoms with Gasteiger partial charge in [-0.3, -0.25) is 24.6 Å². The molecule has 0 saturated carbocycles. The first kappa shape index (κ1) is 19.8. The second-order valence-corrected chi connectivity index (χ2v) is 6.19. The van der Waals surface area contributed by atoms with Crippen molar-refractivity contribution >= 4 is 24.0 Å². The van der Waals surface area contributed by atoms with Gasteiger partial charge in [-0.25, -0.2) is 15.5 Å². The van der Waals surface area contributed by atoms with Gasteiger partial charge in [-0.05, 0) is 25.0 Å². The molecule has 2 atom stereocenters. The van der Waals surface area contributed by atoms with E-state index in [1.54, 1.807) is 24.4 Å². The lowest BCUT2D eigenvalue weighted by molar-refractivity contribution is -0.159. The van der Waals surface area contributed by atoms with E-state index in [4.69, 9.17) is 0 Å². The molecule has 1 aromatic heterocycles. The molecule has 2 rings (SSSR count). The quantitative estimate of drug-likeness (QED) is 0.339. The summed E-state index contributed by atoms with van der Waals surface area (Å²) in [5.74, 6) is -0.798. The van der Waals surface area contributed by atoms with Crippen LogP contribution in [0.25, 0.3) is 0 Å². The molecule has 1 aliphatic heterocycles. The standard InChI is InChI=1S/C17H25N5O4/c1-2-3-6-13(11-21(26)12-23)17(25)22-14(8-10-19-22)16(24)20-15-7-4-5-9-18-15/h4-5,7,9,12-14,19,26H,2-3,6,8,10-11H2,1H3,(H,18,20,24). The van der Waals surface area contributed by atoms with Gasteiger partial charge < -0.3 is 5.32 Å². The predicted molar refractivity (Wildman–Crippen MR) is 93.7 cm³/mol. The Morgan fingerprint density at radius 3 is 3.00 bits per heavy atom. The fourth-order valence-corrected chi connectivity index (χ4v) is 2.90. The van der Waals surface area contributed by atoms with E-state index in [1.165, 1.54) is 5.01 Å². The van der Waals surface area contributed by atoms with Crippen molar-refractivity contribution in [2.75, 3.05) is 18.4 Å². The molecule has 26 heavy (non-hydrogen) atoms. The number of nitrogens with zero attached hydrogens (tertiary/aromatic N) is 3. The molecule has 0 spiro atoms. The fourth-order valence-electron chi connectivity index (χ4n) is 2.90. The number of anilines is 1. The molecule has 1 fully saturated rings. The summed E-state index contributed by atoms with van der Waals surface area (Å²) in [7, 11) is 0. The Hall–Kier alpha value is -2.52. The lowest BCUT2D eigenvalue weighted by Crippen LogP contribution is -2.51.